The van der Waals surface area contributed by atoms with E-state index in [0.717, 1.165) is 5.69 Å². The van der Waals surface area contributed by atoms with Crippen molar-refractivity contribution in [2.45, 2.75) is 18.9 Å². The first-order chi connectivity index (χ1) is 12.6. The molecule has 8 nitrogen and oxygen atoms in total. The Balaban J connectivity index is 1.57. The van der Waals surface area contributed by atoms with E-state index in [1.54, 1.807) is 40.0 Å². The minimum atomic E-state index is -0.605. The average molecular weight is 354 g/mol. The van der Waals surface area contributed by atoms with E-state index >= 15 is 0 Å². The number of urea groups is 1. The van der Waals surface area contributed by atoms with Crippen molar-refractivity contribution in [1.29, 1.82) is 0 Å². The molecule has 3 heterocycles. The van der Waals surface area contributed by atoms with Crippen LogP contribution < -0.4 is 4.90 Å². The number of rotatable bonds is 3. The first-order valence-electron chi connectivity index (χ1n) is 8.42. The zero-order valence-corrected chi connectivity index (χ0v) is 14.2. The van der Waals surface area contributed by atoms with Crippen LogP contribution in [0.25, 0.3) is 5.69 Å². The number of benzene rings is 1. The normalized spacial score (nSPS) is 22.5. The summed E-state index contributed by atoms with van der Waals surface area (Å²) in [6.45, 7) is 0.372. The van der Waals surface area contributed by atoms with Crippen molar-refractivity contribution in [3.05, 3.63) is 42.7 Å². The zero-order chi connectivity index (χ0) is 18.3. The van der Waals surface area contributed by atoms with Gasteiger partial charge in [0.25, 0.3) is 5.91 Å². The van der Waals surface area contributed by atoms with Crippen LogP contribution in [0, 0.1) is 5.92 Å². The molecule has 2 aliphatic rings. The minimum Gasteiger partial charge on any atom is -0.469 e. The van der Waals surface area contributed by atoms with Gasteiger partial charge in [0.1, 0.15) is 6.04 Å². The van der Waals surface area contributed by atoms with E-state index in [9.17, 15) is 14.4 Å². The number of nitrogens with zero attached hydrogens (tertiary/aromatic N) is 4. The van der Waals surface area contributed by atoms with Crippen LogP contribution in [0.2, 0.25) is 0 Å². The predicted octanol–water partition coefficient (Wildman–Crippen LogP) is 1.59. The van der Waals surface area contributed by atoms with Crippen molar-refractivity contribution in [2.24, 2.45) is 5.92 Å². The van der Waals surface area contributed by atoms with Crippen LogP contribution in [0.4, 0.5) is 10.5 Å². The van der Waals surface area contributed by atoms with Crippen molar-refractivity contribution in [1.82, 2.24) is 14.7 Å². The van der Waals surface area contributed by atoms with Gasteiger partial charge in [-0.15, -0.1) is 0 Å². The summed E-state index contributed by atoms with van der Waals surface area (Å²) in [7, 11) is 1.34. The number of piperidine rings is 1. The Bertz CT molecular complexity index is 847. The molecule has 26 heavy (non-hydrogen) atoms. The van der Waals surface area contributed by atoms with E-state index < -0.39 is 6.04 Å². The molecule has 2 aromatic rings. The fourth-order valence-corrected chi connectivity index (χ4v) is 3.59. The Morgan fingerprint density at radius 2 is 1.92 bits per heavy atom. The first-order valence-corrected chi connectivity index (χ1v) is 8.42. The Kier molecular flexibility index (Phi) is 3.95. The summed E-state index contributed by atoms with van der Waals surface area (Å²) >= 11 is 0. The summed E-state index contributed by atoms with van der Waals surface area (Å²) < 4.78 is 6.48. The summed E-state index contributed by atoms with van der Waals surface area (Å²) in [5, 5.41) is 4.15. The molecule has 0 spiro atoms. The van der Waals surface area contributed by atoms with Gasteiger partial charge in [-0.3, -0.25) is 9.59 Å². The number of hydrogen-bond acceptors (Lipinski definition) is 5. The third kappa shape index (κ3) is 2.54. The second-order valence-corrected chi connectivity index (χ2v) is 6.38. The van der Waals surface area contributed by atoms with Crippen LogP contribution in [0.5, 0.6) is 0 Å². The number of esters is 1. The topological polar surface area (TPSA) is 84.7 Å². The Morgan fingerprint density at radius 1 is 1.19 bits per heavy atom. The highest BCUT2D eigenvalue weighted by atomic mass is 16.5. The Labute approximate surface area is 149 Å². The lowest BCUT2D eigenvalue weighted by molar-refractivity contribution is -0.147. The summed E-state index contributed by atoms with van der Waals surface area (Å²) in [6, 6.07) is 7.93. The quantitative estimate of drug-likeness (QED) is 0.617. The van der Waals surface area contributed by atoms with Gasteiger partial charge in [-0.1, -0.05) is 0 Å². The van der Waals surface area contributed by atoms with E-state index in [1.165, 1.54) is 12.0 Å². The van der Waals surface area contributed by atoms with Gasteiger partial charge in [0.15, 0.2) is 0 Å². The van der Waals surface area contributed by atoms with Gasteiger partial charge in [0, 0.05) is 18.9 Å². The highest BCUT2D eigenvalue weighted by Crippen LogP contribution is 2.33. The van der Waals surface area contributed by atoms with Gasteiger partial charge in [-0.2, -0.15) is 5.10 Å². The number of anilines is 1. The fourth-order valence-electron chi connectivity index (χ4n) is 3.59. The molecule has 3 amide bonds. The number of methoxy groups -OCH3 is 1. The summed E-state index contributed by atoms with van der Waals surface area (Å²) in [4.78, 5) is 40.0. The largest absolute Gasteiger partial charge is 0.469 e. The van der Waals surface area contributed by atoms with Crippen molar-refractivity contribution >= 4 is 23.6 Å². The average Bonchev–Trinajstić information content (AvgIpc) is 3.29. The molecule has 0 radical (unpaired) electrons. The number of ether oxygens (including phenoxy) is 1. The highest BCUT2D eigenvalue weighted by Gasteiger charge is 2.49. The van der Waals surface area contributed by atoms with E-state index in [-0.39, 0.29) is 23.8 Å². The molecule has 0 N–H and O–H groups in total. The second kappa shape index (κ2) is 6.29. The van der Waals surface area contributed by atoms with E-state index in [4.69, 9.17) is 4.74 Å². The van der Waals surface area contributed by atoms with Crippen molar-refractivity contribution < 1.29 is 19.1 Å². The maximum Gasteiger partial charge on any atom is 0.332 e. The van der Waals surface area contributed by atoms with E-state index in [0.29, 0.717) is 25.1 Å². The Hall–Kier alpha value is -3.16. The van der Waals surface area contributed by atoms with Gasteiger partial charge >= 0.3 is 12.0 Å². The molecule has 2 aliphatic heterocycles. The second-order valence-electron chi connectivity index (χ2n) is 6.38. The first kappa shape index (κ1) is 16.3. The van der Waals surface area contributed by atoms with Crippen LogP contribution in [0.15, 0.2) is 42.7 Å². The van der Waals surface area contributed by atoms with Crippen LogP contribution in [0.1, 0.15) is 12.8 Å². The van der Waals surface area contributed by atoms with Crippen molar-refractivity contribution in [3.63, 3.8) is 0 Å². The number of hydrogen-bond donors (Lipinski definition) is 0. The van der Waals surface area contributed by atoms with E-state index in [1.807, 2.05) is 12.3 Å². The number of carbonyl (C=O) groups excluding carboxylic acids is 3. The maximum absolute atomic E-state index is 12.8. The third-order valence-corrected chi connectivity index (χ3v) is 4.96. The zero-order valence-electron chi connectivity index (χ0n) is 14.2. The molecular formula is C18H18N4O4. The molecule has 0 bridgehead atoms. The monoisotopic (exact) mass is 354 g/mol. The minimum absolute atomic E-state index is 0.296. The number of aromatic nitrogens is 2. The number of carbonyl (C=O) groups is 3. The standard InChI is InChI=1S/C18H18N4O4/c1-26-17(24)12-7-10-20-15(11-12)16(23)22(18(20)25)14-5-3-13(4-6-14)21-9-2-8-19-21/h2-6,8-9,12,15H,7,10-11H2,1H3. The van der Waals surface area contributed by atoms with Crippen molar-refractivity contribution in [2.75, 3.05) is 18.6 Å². The van der Waals surface area contributed by atoms with Gasteiger partial charge < -0.3 is 9.64 Å². The molecule has 8 heteroatoms. The van der Waals surface area contributed by atoms with Gasteiger partial charge in [0.2, 0.25) is 0 Å². The summed E-state index contributed by atoms with van der Waals surface area (Å²) in [6.07, 6.45) is 4.30. The summed E-state index contributed by atoms with van der Waals surface area (Å²) in [5.74, 6) is -0.970. The van der Waals surface area contributed by atoms with Gasteiger partial charge in [0.05, 0.1) is 24.4 Å². The lowest BCUT2D eigenvalue weighted by atomic mass is 9.91. The van der Waals surface area contributed by atoms with Gasteiger partial charge in [-0.25, -0.2) is 14.4 Å². The molecule has 0 aliphatic carbocycles. The lowest BCUT2D eigenvalue weighted by Gasteiger charge is -2.30. The molecule has 2 atom stereocenters. The Morgan fingerprint density at radius 3 is 2.58 bits per heavy atom. The van der Waals surface area contributed by atoms with Crippen LogP contribution in [0.3, 0.4) is 0 Å². The SMILES string of the molecule is COC(=O)C1CCN2C(=O)N(c3ccc(-n4cccn4)cc3)C(=O)C2C1. The fraction of sp³-hybridized carbons (Fsp3) is 0.333. The predicted molar refractivity (Wildman–Crippen MR) is 91.7 cm³/mol. The molecule has 1 aromatic heterocycles. The number of amides is 3. The molecule has 0 saturated carbocycles. The molecule has 2 fully saturated rings. The molecule has 4 rings (SSSR count). The third-order valence-electron chi connectivity index (χ3n) is 4.96. The molecular weight excluding hydrogens is 336 g/mol. The number of fused-ring (bicyclic) bond motifs is 1. The van der Waals surface area contributed by atoms with Crippen LogP contribution >= 0.6 is 0 Å². The van der Waals surface area contributed by atoms with Crippen molar-refractivity contribution in [3.8, 4) is 5.69 Å². The smallest absolute Gasteiger partial charge is 0.332 e. The maximum atomic E-state index is 12.8. The lowest BCUT2D eigenvalue weighted by Crippen LogP contribution is -2.44. The number of imide groups is 1. The highest BCUT2D eigenvalue weighted by molar-refractivity contribution is 6.21. The molecule has 2 saturated heterocycles. The van der Waals surface area contributed by atoms with Crippen LogP contribution in [-0.4, -0.2) is 52.3 Å². The van der Waals surface area contributed by atoms with E-state index in [2.05, 4.69) is 5.10 Å². The molecule has 2 unspecified atom stereocenters. The van der Waals surface area contributed by atoms with Crippen LogP contribution in [-0.2, 0) is 14.3 Å². The molecule has 134 valence electrons. The summed E-state index contributed by atoms with van der Waals surface area (Å²) in [5.41, 5.74) is 1.35. The van der Waals surface area contributed by atoms with Gasteiger partial charge in [-0.05, 0) is 43.2 Å². The molecule has 1 aromatic carbocycles.